The molecule has 25 heavy (non-hydrogen) atoms. The summed E-state index contributed by atoms with van der Waals surface area (Å²) in [4.78, 5) is 12.3. The van der Waals surface area contributed by atoms with Gasteiger partial charge in [-0.1, -0.05) is 39.5 Å². The number of carbonyl (C=O) groups is 1. The number of amides is 1. The number of unbranched alkanes of at least 4 members (excludes halogenated alkanes) is 3. The molecule has 140 valence electrons. The molecule has 2 rings (SSSR count). The summed E-state index contributed by atoms with van der Waals surface area (Å²) in [5, 5.41) is 2.96. The van der Waals surface area contributed by atoms with Crippen LogP contribution in [0.3, 0.4) is 0 Å². The van der Waals surface area contributed by atoms with Gasteiger partial charge in [0.25, 0.3) is 5.91 Å². The third-order valence-corrected chi connectivity index (χ3v) is 5.77. The van der Waals surface area contributed by atoms with E-state index in [0.29, 0.717) is 30.8 Å². The minimum absolute atomic E-state index is 0.0808. The Morgan fingerprint density at radius 3 is 2.60 bits per heavy atom. The van der Waals surface area contributed by atoms with Crippen molar-refractivity contribution in [2.45, 2.75) is 52.4 Å². The van der Waals surface area contributed by atoms with Crippen LogP contribution < -0.4 is 9.62 Å². The minimum atomic E-state index is -3.25. The van der Waals surface area contributed by atoms with E-state index in [2.05, 4.69) is 19.2 Å². The second-order valence-electron chi connectivity index (χ2n) is 7.28. The van der Waals surface area contributed by atoms with Crippen LogP contribution in [0.5, 0.6) is 0 Å². The van der Waals surface area contributed by atoms with Gasteiger partial charge in [0.15, 0.2) is 0 Å². The summed E-state index contributed by atoms with van der Waals surface area (Å²) < 4.78 is 24.9. The van der Waals surface area contributed by atoms with E-state index in [4.69, 9.17) is 0 Å². The molecule has 0 spiro atoms. The van der Waals surface area contributed by atoms with Crippen molar-refractivity contribution in [2.75, 3.05) is 23.7 Å². The maximum absolute atomic E-state index is 12.3. The Kier molecular flexibility index (Phi) is 6.87. The number of carbonyl (C=O) groups excluding carboxylic acids is 1. The number of sulfonamides is 1. The molecule has 0 saturated heterocycles. The number of benzene rings is 1. The summed E-state index contributed by atoms with van der Waals surface area (Å²) in [6, 6.07) is 5.27. The molecule has 0 radical (unpaired) electrons. The summed E-state index contributed by atoms with van der Waals surface area (Å²) in [6.07, 6.45) is 7.74. The van der Waals surface area contributed by atoms with Crippen LogP contribution >= 0.6 is 0 Å². The molecule has 1 aliphatic rings. The maximum atomic E-state index is 12.3. The average Bonchev–Trinajstić information content (AvgIpc) is 2.96. The molecule has 1 aromatic rings. The van der Waals surface area contributed by atoms with Crippen LogP contribution in [0, 0.1) is 5.92 Å². The lowest BCUT2D eigenvalue weighted by Crippen LogP contribution is -2.27. The third-order valence-electron chi connectivity index (χ3n) is 4.59. The Hall–Kier alpha value is -1.56. The third kappa shape index (κ3) is 5.73. The molecule has 0 saturated carbocycles. The minimum Gasteiger partial charge on any atom is -0.352 e. The second kappa shape index (κ2) is 8.70. The van der Waals surface area contributed by atoms with Crippen molar-refractivity contribution in [3.05, 3.63) is 29.3 Å². The van der Waals surface area contributed by atoms with Gasteiger partial charge < -0.3 is 5.32 Å². The van der Waals surface area contributed by atoms with Crippen molar-refractivity contribution in [3.8, 4) is 0 Å². The normalized spacial score (nSPS) is 14.0. The van der Waals surface area contributed by atoms with E-state index in [1.165, 1.54) is 29.8 Å². The molecule has 0 aromatic heterocycles. The van der Waals surface area contributed by atoms with Crippen molar-refractivity contribution in [2.24, 2.45) is 5.92 Å². The molecule has 6 heteroatoms. The predicted molar refractivity (Wildman–Crippen MR) is 103 cm³/mol. The second-order valence-corrected chi connectivity index (χ2v) is 9.19. The van der Waals surface area contributed by atoms with Gasteiger partial charge in [0.05, 0.1) is 11.9 Å². The van der Waals surface area contributed by atoms with Crippen LogP contribution in [0.15, 0.2) is 18.2 Å². The highest BCUT2D eigenvalue weighted by Gasteiger charge is 2.26. The van der Waals surface area contributed by atoms with E-state index < -0.39 is 10.0 Å². The van der Waals surface area contributed by atoms with Crippen molar-refractivity contribution in [3.63, 3.8) is 0 Å². The molecular weight excluding hydrogens is 336 g/mol. The largest absolute Gasteiger partial charge is 0.352 e. The van der Waals surface area contributed by atoms with Crippen LogP contribution in [0.25, 0.3) is 0 Å². The first-order chi connectivity index (χ1) is 11.8. The fraction of sp³-hybridized carbons (Fsp3) is 0.632. The first kappa shape index (κ1) is 19.8. The molecule has 0 unspecified atom stereocenters. The van der Waals surface area contributed by atoms with E-state index in [0.717, 1.165) is 24.3 Å². The quantitative estimate of drug-likeness (QED) is 0.682. The van der Waals surface area contributed by atoms with Gasteiger partial charge in [-0.15, -0.1) is 0 Å². The number of hydrogen-bond donors (Lipinski definition) is 1. The van der Waals surface area contributed by atoms with E-state index in [1.54, 1.807) is 12.1 Å². The predicted octanol–water partition coefficient (Wildman–Crippen LogP) is 3.35. The first-order valence-electron chi connectivity index (χ1n) is 9.18. The zero-order chi connectivity index (χ0) is 18.4. The van der Waals surface area contributed by atoms with Gasteiger partial charge in [-0.2, -0.15) is 0 Å². The van der Waals surface area contributed by atoms with Gasteiger partial charge in [0.2, 0.25) is 10.0 Å². The van der Waals surface area contributed by atoms with Crippen LogP contribution in [0.2, 0.25) is 0 Å². The van der Waals surface area contributed by atoms with E-state index in [1.807, 2.05) is 6.07 Å². The number of nitrogens with zero attached hydrogens (tertiary/aromatic N) is 1. The highest BCUT2D eigenvalue weighted by Crippen LogP contribution is 2.30. The molecule has 1 aliphatic heterocycles. The summed E-state index contributed by atoms with van der Waals surface area (Å²) in [5.41, 5.74) is 2.23. The van der Waals surface area contributed by atoms with Gasteiger partial charge >= 0.3 is 0 Å². The highest BCUT2D eigenvalue weighted by molar-refractivity contribution is 7.92. The molecule has 1 amide bonds. The van der Waals surface area contributed by atoms with Gasteiger partial charge in [0, 0.05) is 18.7 Å². The lowest BCUT2D eigenvalue weighted by atomic mass is 10.0. The molecule has 0 bridgehead atoms. The monoisotopic (exact) mass is 366 g/mol. The molecule has 1 heterocycles. The number of anilines is 1. The van der Waals surface area contributed by atoms with Crippen LogP contribution in [0.1, 0.15) is 61.9 Å². The number of hydrogen-bond acceptors (Lipinski definition) is 3. The SMILES string of the molecule is CC(C)CCCCCCNC(=O)c1ccc2c(c1)CCN2S(C)(=O)=O. The molecule has 1 aromatic carbocycles. The van der Waals surface area contributed by atoms with E-state index in [-0.39, 0.29) is 5.91 Å². The van der Waals surface area contributed by atoms with Gasteiger partial charge in [-0.3, -0.25) is 9.10 Å². The first-order valence-corrected chi connectivity index (χ1v) is 11.0. The smallest absolute Gasteiger partial charge is 0.251 e. The Morgan fingerprint density at radius 2 is 1.92 bits per heavy atom. The Bertz CT molecular complexity index is 699. The zero-order valence-corrected chi connectivity index (χ0v) is 16.4. The van der Waals surface area contributed by atoms with Crippen molar-refractivity contribution >= 4 is 21.6 Å². The lowest BCUT2D eigenvalue weighted by Gasteiger charge is -2.16. The fourth-order valence-corrected chi connectivity index (χ4v) is 4.15. The summed E-state index contributed by atoms with van der Waals surface area (Å²) in [7, 11) is -3.25. The Morgan fingerprint density at radius 1 is 1.20 bits per heavy atom. The molecule has 0 fully saturated rings. The summed E-state index contributed by atoms with van der Waals surface area (Å²) in [6.45, 7) is 5.63. The molecule has 1 N–H and O–H groups in total. The van der Waals surface area contributed by atoms with Gasteiger partial charge in [-0.25, -0.2) is 8.42 Å². The topological polar surface area (TPSA) is 66.5 Å². The molecular formula is C19H30N2O3S. The van der Waals surface area contributed by atoms with Crippen molar-refractivity contribution in [1.82, 2.24) is 5.32 Å². The van der Waals surface area contributed by atoms with Gasteiger partial charge in [-0.05, 0) is 42.5 Å². The zero-order valence-electron chi connectivity index (χ0n) is 15.5. The Labute approximate surface area is 151 Å². The van der Waals surface area contributed by atoms with Crippen LogP contribution in [0.4, 0.5) is 5.69 Å². The van der Waals surface area contributed by atoms with E-state index >= 15 is 0 Å². The van der Waals surface area contributed by atoms with Crippen LogP contribution in [-0.2, 0) is 16.4 Å². The standard InChI is InChI=1S/C19H30N2O3S/c1-15(2)8-6-4-5-7-12-20-19(22)17-9-10-18-16(14-17)11-13-21(18)25(3,23)24/h9-10,14-15H,4-8,11-13H2,1-3H3,(H,20,22). The lowest BCUT2D eigenvalue weighted by molar-refractivity contribution is 0.0953. The number of nitrogens with one attached hydrogen (secondary N) is 1. The Balaban J connectivity index is 1.80. The maximum Gasteiger partial charge on any atom is 0.251 e. The molecule has 5 nitrogen and oxygen atoms in total. The summed E-state index contributed by atoms with van der Waals surface area (Å²) >= 11 is 0. The summed E-state index contributed by atoms with van der Waals surface area (Å²) in [5.74, 6) is 0.681. The van der Waals surface area contributed by atoms with E-state index in [9.17, 15) is 13.2 Å². The highest BCUT2D eigenvalue weighted by atomic mass is 32.2. The van der Waals surface area contributed by atoms with Gasteiger partial charge in [0.1, 0.15) is 0 Å². The average molecular weight is 367 g/mol. The fourth-order valence-electron chi connectivity index (χ4n) is 3.19. The number of fused-ring (bicyclic) bond motifs is 1. The molecule has 0 aliphatic carbocycles. The van der Waals surface area contributed by atoms with Crippen molar-refractivity contribution < 1.29 is 13.2 Å². The van der Waals surface area contributed by atoms with Crippen molar-refractivity contribution in [1.29, 1.82) is 0 Å². The van der Waals surface area contributed by atoms with Crippen LogP contribution in [-0.4, -0.2) is 33.7 Å². The number of rotatable bonds is 9. The molecule has 0 atom stereocenters.